The summed E-state index contributed by atoms with van der Waals surface area (Å²) < 4.78 is 11.6. The van der Waals surface area contributed by atoms with Crippen LogP contribution in [0.4, 0.5) is 0 Å². The Balaban J connectivity index is 0.912. The molecule has 0 fully saturated rings. The first-order valence-electron chi connectivity index (χ1n) is 32.4. The van der Waals surface area contributed by atoms with Gasteiger partial charge in [-0.3, -0.25) is 0 Å². The lowest BCUT2D eigenvalue weighted by Gasteiger charge is -2.36. The first-order chi connectivity index (χ1) is 46.7. The standard InChI is InChI=1S/C90H60N2OSi/c1-6-28-61(29-7-1)65-36-24-40-69(56-65)94(68-38-14-5-15-39-68,70-41-25-37-66(57-70)62-30-8-2-9-31-62)71-59-80(63-32-10-3-11-33-63)90(81(60-71)64-34-12-4-13-35-64)92-84-51-22-19-45-75(84)82-58-67(54-55-85(82)92)91-83-50-21-18-44-74(83)78-49-26-48-77(89(78)91)73-43-17-16-42-72(73)76-47-27-53-87-88(76)79-46-20-23-52-86(79)93-87/h1-60H. The van der Waals surface area contributed by atoms with Crippen molar-refractivity contribution in [2.24, 2.45) is 0 Å². The largest absolute Gasteiger partial charge is 0.456 e. The zero-order valence-corrected chi connectivity index (χ0v) is 52.4. The summed E-state index contributed by atoms with van der Waals surface area (Å²) in [5.74, 6) is 0. The SMILES string of the molecule is c1ccc(-c2cccc([Si](c3ccccc3)(c3cccc(-c4ccccc4)c3)c3cc(-c4ccccc4)c(-n4c5ccccc5c5cc(-n6c7ccccc7c7cccc(-c8ccccc8-c8cccc9oc%10ccccc%10c89)c76)ccc54)c(-c4ccccc4)c3)c2)cc1. The van der Waals surface area contributed by atoms with Gasteiger partial charge in [0.25, 0.3) is 0 Å². The Morgan fingerprint density at radius 3 is 1.26 bits per heavy atom. The van der Waals surface area contributed by atoms with E-state index in [1.807, 2.05) is 6.07 Å². The summed E-state index contributed by atoms with van der Waals surface area (Å²) in [6, 6.07) is 135. The Hall–Kier alpha value is -12.1. The maximum atomic E-state index is 6.50. The van der Waals surface area contributed by atoms with Crippen LogP contribution >= 0.6 is 0 Å². The average Bonchev–Trinajstić information content (AvgIpc) is 1.23. The van der Waals surface area contributed by atoms with Crippen LogP contribution in [-0.2, 0) is 0 Å². The summed E-state index contributed by atoms with van der Waals surface area (Å²) in [6.45, 7) is 0. The molecule has 0 amide bonds. The van der Waals surface area contributed by atoms with E-state index in [2.05, 4.69) is 367 Å². The molecule has 3 heterocycles. The number of hydrogen-bond acceptors (Lipinski definition) is 1. The van der Waals surface area contributed by atoms with Crippen LogP contribution in [0.1, 0.15) is 0 Å². The lowest BCUT2D eigenvalue weighted by Crippen LogP contribution is -2.74. The van der Waals surface area contributed by atoms with Crippen molar-refractivity contribution in [2.75, 3.05) is 0 Å². The zero-order chi connectivity index (χ0) is 62.1. The second-order valence-electron chi connectivity index (χ2n) is 24.6. The zero-order valence-electron chi connectivity index (χ0n) is 51.4. The van der Waals surface area contributed by atoms with Gasteiger partial charge in [0.1, 0.15) is 11.2 Å². The monoisotopic (exact) mass is 1210 g/mol. The molecular formula is C90H60N2OSi. The highest BCUT2D eigenvalue weighted by molar-refractivity contribution is 7.20. The average molecular weight is 1210 g/mol. The van der Waals surface area contributed by atoms with Crippen molar-refractivity contribution in [3.63, 3.8) is 0 Å². The first-order valence-corrected chi connectivity index (χ1v) is 34.4. The Kier molecular flexibility index (Phi) is 13.2. The highest BCUT2D eigenvalue weighted by Crippen LogP contribution is 2.47. The van der Waals surface area contributed by atoms with E-state index < -0.39 is 8.07 Å². The van der Waals surface area contributed by atoms with Crippen LogP contribution in [0, 0.1) is 0 Å². The van der Waals surface area contributed by atoms with Crippen LogP contribution in [0.25, 0.3) is 144 Å². The maximum Gasteiger partial charge on any atom is 0.179 e. The predicted octanol–water partition coefficient (Wildman–Crippen LogP) is 21.2. The van der Waals surface area contributed by atoms with Crippen LogP contribution in [-0.4, -0.2) is 17.2 Å². The molecule has 0 N–H and O–H groups in total. The highest BCUT2D eigenvalue weighted by Gasteiger charge is 2.43. The molecule has 0 aliphatic heterocycles. The Labute approximate surface area is 546 Å². The third kappa shape index (κ3) is 8.87. The first kappa shape index (κ1) is 54.8. The van der Waals surface area contributed by atoms with Gasteiger partial charge in [-0.05, 0) is 113 Å². The fourth-order valence-electron chi connectivity index (χ4n) is 15.4. The quantitative estimate of drug-likeness (QED) is 0.0883. The normalized spacial score (nSPS) is 11.8. The summed E-state index contributed by atoms with van der Waals surface area (Å²) in [5, 5.41) is 12.2. The number of para-hydroxylation sites is 4. The van der Waals surface area contributed by atoms with Gasteiger partial charge in [0.05, 0.1) is 27.8 Å². The summed E-state index contributed by atoms with van der Waals surface area (Å²) in [7, 11) is -3.34. The smallest absolute Gasteiger partial charge is 0.179 e. The molecule has 440 valence electrons. The van der Waals surface area contributed by atoms with Gasteiger partial charge in [-0.2, -0.15) is 0 Å². The molecule has 0 saturated heterocycles. The molecule has 4 heteroatoms. The van der Waals surface area contributed by atoms with Gasteiger partial charge in [-0.15, -0.1) is 0 Å². The number of fused-ring (bicyclic) bond motifs is 9. The van der Waals surface area contributed by atoms with E-state index in [9.17, 15) is 0 Å². The maximum absolute atomic E-state index is 6.50. The molecule has 18 aromatic rings. The number of aromatic nitrogens is 2. The van der Waals surface area contributed by atoms with Crippen LogP contribution in [0.5, 0.6) is 0 Å². The molecule has 15 aromatic carbocycles. The van der Waals surface area contributed by atoms with Crippen molar-refractivity contribution in [3.05, 3.63) is 364 Å². The Morgan fingerprint density at radius 1 is 0.223 bits per heavy atom. The van der Waals surface area contributed by atoms with Gasteiger partial charge in [-0.1, -0.05) is 322 Å². The minimum Gasteiger partial charge on any atom is -0.456 e. The number of hydrogen-bond donors (Lipinski definition) is 0. The molecule has 3 nitrogen and oxygen atoms in total. The number of benzene rings is 15. The van der Waals surface area contributed by atoms with E-state index in [0.29, 0.717) is 0 Å². The lowest BCUT2D eigenvalue weighted by atomic mass is 9.91. The second-order valence-corrected chi connectivity index (χ2v) is 28.4. The Morgan fingerprint density at radius 2 is 0.638 bits per heavy atom. The molecule has 0 unspecified atom stereocenters. The van der Waals surface area contributed by atoms with Crippen LogP contribution in [0.15, 0.2) is 368 Å². The summed E-state index contributed by atoms with van der Waals surface area (Å²) >= 11 is 0. The van der Waals surface area contributed by atoms with E-state index in [4.69, 9.17) is 4.42 Å². The molecule has 0 bridgehead atoms. The fraction of sp³-hybridized carbons (Fsp3) is 0. The molecule has 0 atom stereocenters. The van der Waals surface area contributed by atoms with Gasteiger partial charge in [0.2, 0.25) is 0 Å². The third-order valence-corrected chi connectivity index (χ3v) is 24.2. The van der Waals surface area contributed by atoms with Gasteiger partial charge in [-0.25, -0.2) is 0 Å². The van der Waals surface area contributed by atoms with Gasteiger partial charge >= 0.3 is 0 Å². The summed E-state index contributed by atoms with van der Waals surface area (Å²) in [6.07, 6.45) is 0. The molecule has 3 aromatic heterocycles. The van der Waals surface area contributed by atoms with Gasteiger partial charge < -0.3 is 13.6 Å². The van der Waals surface area contributed by atoms with E-state index in [1.54, 1.807) is 0 Å². The number of furan rings is 1. The summed E-state index contributed by atoms with van der Waals surface area (Å²) in [4.78, 5) is 0. The van der Waals surface area contributed by atoms with E-state index >= 15 is 0 Å². The van der Waals surface area contributed by atoms with Crippen molar-refractivity contribution < 1.29 is 4.42 Å². The summed E-state index contributed by atoms with van der Waals surface area (Å²) in [5.41, 5.74) is 22.5. The molecule has 18 rings (SSSR count). The van der Waals surface area contributed by atoms with Crippen molar-refractivity contribution in [1.82, 2.24) is 9.13 Å². The van der Waals surface area contributed by atoms with Crippen LogP contribution in [0.2, 0.25) is 0 Å². The predicted molar refractivity (Wildman–Crippen MR) is 399 cm³/mol. The second kappa shape index (κ2) is 22.7. The van der Waals surface area contributed by atoms with Crippen LogP contribution < -0.4 is 20.7 Å². The van der Waals surface area contributed by atoms with Crippen molar-refractivity contribution in [3.8, 4) is 78.1 Å². The van der Waals surface area contributed by atoms with Gasteiger partial charge in [0.15, 0.2) is 8.07 Å². The highest BCUT2D eigenvalue weighted by atomic mass is 28.3. The minimum absolute atomic E-state index is 0.882. The molecule has 0 aliphatic carbocycles. The lowest BCUT2D eigenvalue weighted by molar-refractivity contribution is 0.669. The third-order valence-electron chi connectivity index (χ3n) is 19.5. The number of nitrogens with zero attached hydrogens (tertiary/aromatic N) is 2. The minimum atomic E-state index is -3.34. The fourth-order valence-corrected chi connectivity index (χ4v) is 20.2. The molecule has 0 spiro atoms. The van der Waals surface area contributed by atoms with E-state index in [0.717, 1.165) is 99.9 Å². The molecule has 0 saturated carbocycles. The van der Waals surface area contributed by atoms with Crippen molar-refractivity contribution >= 4 is 94.4 Å². The molecule has 0 aliphatic rings. The topological polar surface area (TPSA) is 23.0 Å². The van der Waals surface area contributed by atoms with E-state index in [-0.39, 0.29) is 0 Å². The number of rotatable bonds is 12. The van der Waals surface area contributed by atoms with Crippen LogP contribution in [0.3, 0.4) is 0 Å². The van der Waals surface area contributed by atoms with E-state index in [1.165, 1.54) is 64.5 Å². The van der Waals surface area contributed by atoms with Crippen molar-refractivity contribution in [1.29, 1.82) is 0 Å². The van der Waals surface area contributed by atoms with Gasteiger partial charge in [0, 0.05) is 54.7 Å². The Bertz CT molecular complexity index is 5760. The molecule has 94 heavy (non-hydrogen) atoms. The molecular weight excluding hydrogens is 1150 g/mol. The molecule has 0 radical (unpaired) electrons. The van der Waals surface area contributed by atoms with Crippen molar-refractivity contribution in [2.45, 2.75) is 0 Å².